The topological polar surface area (TPSA) is 91.7 Å². The zero-order valence-electron chi connectivity index (χ0n) is 19.2. The molecule has 1 saturated carbocycles. The summed E-state index contributed by atoms with van der Waals surface area (Å²) in [4.78, 5) is 41.8. The van der Waals surface area contributed by atoms with Crippen molar-refractivity contribution in [1.29, 1.82) is 0 Å². The van der Waals surface area contributed by atoms with Crippen molar-refractivity contribution in [1.82, 2.24) is 10.6 Å². The molecular formula is C26H29N3O4S. The minimum absolute atomic E-state index is 0.108. The third-order valence-electron chi connectivity index (χ3n) is 5.96. The number of hydrogen-bond acceptors (Lipinski definition) is 5. The summed E-state index contributed by atoms with van der Waals surface area (Å²) < 4.78 is 5.12. The van der Waals surface area contributed by atoms with Crippen LogP contribution in [-0.2, 0) is 9.59 Å². The number of carbonyl (C=O) groups is 3. The van der Waals surface area contributed by atoms with Crippen molar-refractivity contribution in [2.24, 2.45) is 0 Å². The summed E-state index contributed by atoms with van der Waals surface area (Å²) in [5.74, 6) is -0.953. The van der Waals surface area contributed by atoms with Crippen molar-refractivity contribution < 1.29 is 18.8 Å². The molecule has 1 aromatic carbocycles. The lowest BCUT2D eigenvalue weighted by Crippen LogP contribution is -2.49. The van der Waals surface area contributed by atoms with Crippen LogP contribution in [-0.4, -0.2) is 30.3 Å². The van der Waals surface area contributed by atoms with E-state index < -0.39 is 11.9 Å². The Bertz CT molecular complexity index is 1110. The van der Waals surface area contributed by atoms with E-state index in [1.807, 2.05) is 48.7 Å². The fourth-order valence-corrected chi connectivity index (χ4v) is 5.11. The Kier molecular flexibility index (Phi) is 7.80. The summed E-state index contributed by atoms with van der Waals surface area (Å²) in [5, 5.41) is 7.70. The number of hydrogen-bond donors (Lipinski definition) is 2. The van der Waals surface area contributed by atoms with E-state index in [1.54, 1.807) is 6.07 Å². The van der Waals surface area contributed by atoms with Crippen LogP contribution >= 0.6 is 11.3 Å². The Morgan fingerprint density at radius 1 is 1.09 bits per heavy atom. The minimum atomic E-state index is -0.836. The van der Waals surface area contributed by atoms with Gasteiger partial charge < -0.3 is 15.1 Å². The number of rotatable bonds is 8. The van der Waals surface area contributed by atoms with Crippen molar-refractivity contribution in [2.75, 3.05) is 11.4 Å². The summed E-state index contributed by atoms with van der Waals surface area (Å²) in [6.07, 6.45) is 6.66. The number of anilines is 1. The molecule has 7 nitrogen and oxygen atoms in total. The van der Waals surface area contributed by atoms with Crippen LogP contribution in [0.25, 0.3) is 0 Å². The van der Waals surface area contributed by atoms with Gasteiger partial charge in [0.1, 0.15) is 6.04 Å². The van der Waals surface area contributed by atoms with Crippen LogP contribution in [0.1, 0.15) is 59.1 Å². The Morgan fingerprint density at radius 3 is 2.59 bits per heavy atom. The number of amides is 3. The number of carbonyl (C=O) groups excluding carboxylic acids is 3. The van der Waals surface area contributed by atoms with E-state index in [0.717, 1.165) is 36.1 Å². The predicted molar refractivity (Wildman–Crippen MR) is 132 cm³/mol. The quantitative estimate of drug-likeness (QED) is 0.494. The first-order valence-electron chi connectivity index (χ1n) is 11.6. The standard InChI is InChI=1S/C26H29N3O4S/c1-18-8-5-11-20(16-18)29(23(30)17-27-25(31)21-12-6-14-33-21)24(22-13-7-15-34-22)26(32)28-19-9-3-2-4-10-19/h5-8,11-16,19,24H,2-4,9-10,17H2,1H3,(H,27,31)(H,28,32). The highest BCUT2D eigenvalue weighted by atomic mass is 32.1. The molecule has 2 aromatic heterocycles. The van der Waals surface area contributed by atoms with Crippen molar-refractivity contribution in [2.45, 2.75) is 51.1 Å². The van der Waals surface area contributed by atoms with E-state index in [9.17, 15) is 14.4 Å². The highest BCUT2D eigenvalue weighted by molar-refractivity contribution is 7.10. The van der Waals surface area contributed by atoms with E-state index in [4.69, 9.17) is 4.42 Å². The second-order valence-electron chi connectivity index (χ2n) is 8.52. The lowest BCUT2D eigenvalue weighted by atomic mass is 9.95. The molecule has 1 fully saturated rings. The maximum Gasteiger partial charge on any atom is 0.287 e. The number of aryl methyl sites for hydroxylation is 1. The number of nitrogens with one attached hydrogen (secondary N) is 2. The maximum atomic E-state index is 13.6. The van der Waals surface area contributed by atoms with Gasteiger partial charge in [-0.2, -0.15) is 0 Å². The molecule has 1 atom stereocenters. The van der Waals surface area contributed by atoms with E-state index in [1.165, 1.54) is 35.0 Å². The highest BCUT2D eigenvalue weighted by Crippen LogP contribution is 2.32. The first kappa shape index (κ1) is 23.8. The largest absolute Gasteiger partial charge is 0.459 e. The zero-order valence-corrected chi connectivity index (χ0v) is 20.0. The van der Waals surface area contributed by atoms with Gasteiger partial charge in [-0.15, -0.1) is 11.3 Å². The first-order chi connectivity index (χ1) is 16.5. The van der Waals surface area contributed by atoms with E-state index in [0.29, 0.717) is 5.69 Å². The molecule has 8 heteroatoms. The molecule has 178 valence electrons. The van der Waals surface area contributed by atoms with Crippen molar-refractivity contribution in [3.05, 3.63) is 76.4 Å². The lowest BCUT2D eigenvalue weighted by molar-refractivity contribution is -0.126. The van der Waals surface area contributed by atoms with Crippen LogP contribution in [0.4, 0.5) is 5.69 Å². The molecule has 0 saturated heterocycles. The summed E-state index contributed by atoms with van der Waals surface area (Å²) in [5.41, 5.74) is 1.57. The second kappa shape index (κ2) is 11.2. The van der Waals surface area contributed by atoms with Gasteiger partial charge in [0.15, 0.2) is 5.76 Å². The maximum absolute atomic E-state index is 13.6. The van der Waals surface area contributed by atoms with E-state index >= 15 is 0 Å². The second-order valence-corrected chi connectivity index (χ2v) is 9.50. The molecule has 3 amide bonds. The lowest BCUT2D eigenvalue weighted by Gasteiger charge is -2.33. The molecule has 0 bridgehead atoms. The van der Waals surface area contributed by atoms with Crippen LogP contribution in [0.5, 0.6) is 0 Å². The molecule has 4 rings (SSSR count). The van der Waals surface area contributed by atoms with Gasteiger partial charge in [-0.25, -0.2) is 0 Å². The van der Waals surface area contributed by atoms with Crippen molar-refractivity contribution in [3.63, 3.8) is 0 Å². The fraction of sp³-hybridized carbons (Fsp3) is 0.346. The van der Waals surface area contributed by atoms with E-state index in [2.05, 4.69) is 10.6 Å². The molecule has 2 heterocycles. The van der Waals surface area contributed by atoms with Gasteiger partial charge in [0, 0.05) is 16.6 Å². The number of furan rings is 1. The average Bonchev–Trinajstić information content (AvgIpc) is 3.56. The Morgan fingerprint density at radius 2 is 1.91 bits per heavy atom. The smallest absolute Gasteiger partial charge is 0.287 e. The first-order valence-corrected chi connectivity index (χ1v) is 12.4. The Labute approximate surface area is 203 Å². The third kappa shape index (κ3) is 5.75. The van der Waals surface area contributed by atoms with Crippen LogP contribution < -0.4 is 15.5 Å². The van der Waals surface area contributed by atoms with Gasteiger partial charge in [-0.3, -0.25) is 19.3 Å². The minimum Gasteiger partial charge on any atom is -0.459 e. The number of thiophene rings is 1. The molecule has 0 aliphatic heterocycles. The van der Waals surface area contributed by atoms with Gasteiger partial charge in [-0.1, -0.05) is 37.5 Å². The van der Waals surface area contributed by atoms with Crippen molar-refractivity contribution in [3.8, 4) is 0 Å². The summed E-state index contributed by atoms with van der Waals surface area (Å²) in [7, 11) is 0. The monoisotopic (exact) mass is 479 g/mol. The Balaban J connectivity index is 1.63. The zero-order chi connectivity index (χ0) is 23.9. The molecular weight excluding hydrogens is 450 g/mol. The molecule has 0 spiro atoms. The van der Waals surface area contributed by atoms with Gasteiger partial charge in [-0.05, 0) is 61.0 Å². The van der Waals surface area contributed by atoms with Crippen LogP contribution in [0, 0.1) is 6.92 Å². The number of nitrogens with zero attached hydrogens (tertiary/aromatic N) is 1. The molecule has 0 radical (unpaired) electrons. The van der Waals surface area contributed by atoms with Gasteiger partial charge >= 0.3 is 0 Å². The fourth-order valence-electron chi connectivity index (χ4n) is 4.30. The SMILES string of the molecule is Cc1cccc(N(C(=O)CNC(=O)c2ccco2)C(C(=O)NC2CCCCC2)c2cccs2)c1. The van der Waals surface area contributed by atoms with Gasteiger partial charge in [0.05, 0.1) is 12.8 Å². The highest BCUT2D eigenvalue weighted by Gasteiger charge is 2.35. The molecule has 2 N–H and O–H groups in total. The van der Waals surface area contributed by atoms with Crippen LogP contribution in [0.2, 0.25) is 0 Å². The Hall–Kier alpha value is -3.39. The van der Waals surface area contributed by atoms with E-state index in [-0.39, 0.29) is 30.2 Å². The normalized spacial score (nSPS) is 14.9. The van der Waals surface area contributed by atoms with Crippen LogP contribution in [0.3, 0.4) is 0 Å². The van der Waals surface area contributed by atoms with Crippen LogP contribution in [0.15, 0.2) is 64.6 Å². The summed E-state index contributed by atoms with van der Waals surface area (Å²) in [6.45, 7) is 1.67. The molecule has 1 aliphatic rings. The third-order valence-corrected chi connectivity index (χ3v) is 6.89. The summed E-state index contributed by atoms with van der Waals surface area (Å²) in [6, 6.07) is 13.6. The molecule has 1 aliphatic carbocycles. The summed E-state index contributed by atoms with van der Waals surface area (Å²) >= 11 is 1.43. The van der Waals surface area contributed by atoms with Crippen molar-refractivity contribution >= 4 is 34.7 Å². The van der Waals surface area contributed by atoms with Gasteiger partial charge in [0.25, 0.3) is 5.91 Å². The molecule has 34 heavy (non-hydrogen) atoms. The van der Waals surface area contributed by atoms with Gasteiger partial charge in [0.2, 0.25) is 11.8 Å². The number of benzene rings is 1. The average molecular weight is 480 g/mol. The predicted octanol–water partition coefficient (Wildman–Crippen LogP) is 4.60. The molecule has 3 aromatic rings. The molecule has 1 unspecified atom stereocenters.